The lowest BCUT2D eigenvalue weighted by atomic mass is 10.2. The van der Waals surface area contributed by atoms with Crippen LogP contribution in [-0.4, -0.2) is 29.2 Å². The first-order valence-corrected chi connectivity index (χ1v) is 7.54. The largest absolute Gasteiger partial charge is 0.369 e. The van der Waals surface area contributed by atoms with Gasteiger partial charge in [-0.15, -0.1) is 11.3 Å². The number of halogens is 1. The zero-order valence-corrected chi connectivity index (χ0v) is 12.2. The van der Waals surface area contributed by atoms with Gasteiger partial charge >= 0.3 is 0 Å². The highest BCUT2D eigenvalue weighted by molar-refractivity contribution is 7.16. The van der Waals surface area contributed by atoms with E-state index >= 15 is 0 Å². The molecule has 0 spiro atoms. The fourth-order valence-corrected chi connectivity index (χ4v) is 3.44. The van der Waals surface area contributed by atoms with Gasteiger partial charge in [-0.05, 0) is 19.1 Å². The van der Waals surface area contributed by atoms with E-state index in [-0.39, 0.29) is 12.1 Å². The van der Waals surface area contributed by atoms with Crippen LogP contribution >= 0.6 is 22.9 Å². The Morgan fingerprint density at radius 1 is 1.58 bits per heavy atom. The summed E-state index contributed by atoms with van der Waals surface area (Å²) in [6, 6.07) is 4.23. The van der Waals surface area contributed by atoms with Gasteiger partial charge in [-0.1, -0.05) is 11.6 Å². The number of aromatic nitrogens is 2. The molecule has 0 saturated carbocycles. The van der Waals surface area contributed by atoms with Gasteiger partial charge in [-0.3, -0.25) is 0 Å². The van der Waals surface area contributed by atoms with E-state index in [1.807, 2.05) is 18.6 Å². The number of hydrogen-bond donors (Lipinski definition) is 1. The second-order valence-corrected chi connectivity index (χ2v) is 6.35. The average molecular weight is 298 g/mol. The van der Waals surface area contributed by atoms with E-state index in [0.29, 0.717) is 0 Å². The molecule has 2 aromatic heterocycles. The average Bonchev–Trinajstić information content (AvgIpc) is 3.07. The Bertz CT molecular complexity index is 548. The number of nitrogens with zero attached hydrogens (tertiary/aromatic N) is 2. The van der Waals surface area contributed by atoms with Crippen molar-refractivity contribution in [1.29, 1.82) is 0 Å². The standard InChI is InChI=1S/C13H16ClN3OS/c1-9(12-2-3-13(14)19-12)17-8-16-6-10(17)11-7-15-4-5-18-11/h2-3,6,8-9,11,15H,4-5,7H2,1H3. The van der Waals surface area contributed by atoms with Crippen LogP contribution in [0.2, 0.25) is 4.34 Å². The van der Waals surface area contributed by atoms with Crippen LogP contribution < -0.4 is 5.32 Å². The summed E-state index contributed by atoms with van der Waals surface area (Å²) >= 11 is 7.62. The van der Waals surface area contributed by atoms with Gasteiger partial charge < -0.3 is 14.6 Å². The maximum Gasteiger partial charge on any atom is 0.111 e. The Morgan fingerprint density at radius 3 is 3.16 bits per heavy atom. The zero-order chi connectivity index (χ0) is 13.2. The summed E-state index contributed by atoms with van der Waals surface area (Å²) in [6.07, 6.45) is 3.84. The summed E-state index contributed by atoms with van der Waals surface area (Å²) in [5, 5.41) is 3.35. The molecule has 4 nitrogen and oxygen atoms in total. The molecule has 0 radical (unpaired) electrons. The van der Waals surface area contributed by atoms with E-state index < -0.39 is 0 Å². The van der Waals surface area contributed by atoms with Gasteiger partial charge in [0.25, 0.3) is 0 Å². The summed E-state index contributed by atoms with van der Waals surface area (Å²) in [5.74, 6) is 0. The van der Waals surface area contributed by atoms with Gasteiger partial charge in [0.1, 0.15) is 6.10 Å². The van der Waals surface area contributed by atoms with Gasteiger partial charge in [-0.2, -0.15) is 0 Å². The monoisotopic (exact) mass is 297 g/mol. The van der Waals surface area contributed by atoms with E-state index in [2.05, 4.69) is 27.9 Å². The first kappa shape index (κ1) is 13.1. The van der Waals surface area contributed by atoms with Gasteiger partial charge in [0, 0.05) is 18.0 Å². The van der Waals surface area contributed by atoms with Gasteiger partial charge in [-0.25, -0.2) is 4.98 Å². The van der Waals surface area contributed by atoms with Crippen LogP contribution in [0.15, 0.2) is 24.7 Å². The van der Waals surface area contributed by atoms with Crippen LogP contribution in [0, 0.1) is 0 Å². The summed E-state index contributed by atoms with van der Waals surface area (Å²) in [6.45, 7) is 4.66. The van der Waals surface area contributed by atoms with Crippen LogP contribution in [0.5, 0.6) is 0 Å². The lowest BCUT2D eigenvalue weighted by Gasteiger charge is -2.26. The lowest BCUT2D eigenvalue weighted by Crippen LogP contribution is -2.34. The van der Waals surface area contributed by atoms with Crippen molar-refractivity contribution in [1.82, 2.24) is 14.9 Å². The summed E-state index contributed by atoms with van der Waals surface area (Å²) in [7, 11) is 0. The van der Waals surface area contributed by atoms with Crippen molar-refractivity contribution < 1.29 is 4.74 Å². The van der Waals surface area contributed by atoms with Gasteiger partial charge in [0.15, 0.2) is 0 Å². The normalized spacial score (nSPS) is 21.5. The van der Waals surface area contributed by atoms with Crippen molar-refractivity contribution in [2.24, 2.45) is 0 Å². The van der Waals surface area contributed by atoms with Crippen LogP contribution in [0.25, 0.3) is 0 Å². The molecule has 19 heavy (non-hydrogen) atoms. The minimum atomic E-state index is 0.0779. The number of nitrogens with one attached hydrogen (secondary N) is 1. The molecule has 2 atom stereocenters. The van der Waals surface area contributed by atoms with Crippen molar-refractivity contribution in [2.45, 2.75) is 19.1 Å². The fourth-order valence-electron chi connectivity index (χ4n) is 2.33. The Kier molecular flexibility index (Phi) is 3.88. The Hall–Kier alpha value is -0.880. The van der Waals surface area contributed by atoms with E-state index in [9.17, 15) is 0 Å². The minimum absolute atomic E-state index is 0.0779. The highest BCUT2D eigenvalue weighted by Crippen LogP contribution is 2.31. The lowest BCUT2D eigenvalue weighted by molar-refractivity contribution is 0.0225. The molecule has 3 rings (SSSR count). The maximum atomic E-state index is 6.01. The van der Waals surface area contributed by atoms with Crippen LogP contribution in [0.4, 0.5) is 0 Å². The highest BCUT2D eigenvalue weighted by Gasteiger charge is 2.22. The molecular weight excluding hydrogens is 282 g/mol. The summed E-state index contributed by atoms with van der Waals surface area (Å²) in [5.41, 5.74) is 1.12. The molecule has 102 valence electrons. The number of hydrogen-bond acceptors (Lipinski definition) is 4. The number of imidazole rings is 1. The van der Waals surface area contributed by atoms with Crippen LogP contribution in [0.1, 0.15) is 29.6 Å². The molecule has 0 aliphatic carbocycles. The third-order valence-electron chi connectivity index (χ3n) is 3.38. The highest BCUT2D eigenvalue weighted by atomic mass is 35.5. The maximum absolute atomic E-state index is 6.01. The van der Waals surface area contributed by atoms with E-state index in [1.54, 1.807) is 11.3 Å². The summed E-state index contributed by atoms with van der Waals surface area (Å²) < 4.78 is 8.79. The minimum Gasteiger partial charge on any atom is -0.369 e. The van der Waals surface area contributed by atoms with Crippen molar-refractivity contribution in [3.8, 4) is 0 Å². The SMILES string of the molecule is CC(c1ccc(Cl)s1)n1cncc1C1CNCCO1. The van der Waals surface area contributed by atoms with Crippen LogP contribution in [0.3, 0.4) is 0 Å². The van der Waals surface area contributed by atoms with Crippen molar-refractivity contribution in [3.63, 3.8) is 0 Å². The van der Waals surface area contributed by atoms with Crippen molar-refractivity contribution in [3.05, 3.63) is 39.6 Å². The molecule has 1 aliphatic heterocycles. The Morgan fingerprint density at radius 2 is 2.47 bits per heavy atom. The number of ether oxygens (including phenoxy) is 1. The van der Waals surface area contributed by atoms with E-state index in [0.717, 1.165) is 29.7 Å². The topological polar surface area (TPSA) is 39.1 Å². The van der Waals surface area contributed by atoms with E-state index in [1.165, 1.54) is 4.88 Å². The molecule has 1 fully saturated rings. The van der Waals surface area contributed by atoms with Gasteiger partial charge in [0.2, 0.25) is 0 Å². The summed E-state index contributed by atoms with van der Waals surface area (Å²) in [4.78, 5) is 5.51. The number of morpholine rings is 1. The molecule has 0 bridgehead atoms. The second kappa shape index (κ2) is 5.63. The Labute approximate surface area is 121 Å². The number of rotatable bonds is 3. The molecular formula is C13H16ClN3OS. The van der Waals surface area contributed by atoms with Crippen molar-refractivity contribution >= 4 is 22.9 Å². The van der Waals surface area contributed by atoms with Crippen molar-refractivity contribution in [2.75, 3.05) is 19.7 Å². The molecule has 1 N–H and O–H groups in total. The third-order valence-corrected chi connectivity index (χ3v) is 4.78. The first-order chi connectivity index (χ1) is 9.25. The first-order valence-electron chi connectivity index (χ1n) is 6.35. The molecule has 1 saturated heterocycles. The zero-order valence-electron chi connectivity index (χ0n) is 10.7. The third kappa shape index (κ3) is 2.69. The second-order valence-electron chi connectivity index (χ2n) is 4.61. The molecule has 6 heteroatoms. The smallest absolute Gasteiger partial charge is 0.111 e. The molecule has 0 amide bonds. The predicted molar refractivity (Wildman–Crippen MR) is 76.9 cm³/mol. The van der Waals surface area contributed by atoms with E-state index in [4.69, 9.17) is 16.3 Å². The molecule has 2 aromatic rings. The Balaban J connectivity index is 1.86. The quantitative estimate of drug-likeness (QED) is 0.947. The molecule has 0 aromatic carbocycles. The van der Waals surface area contributed by atoms with Crippen LogP contribution in [-0.2, 0) is 4.74 Å². The molecule has 1 aliphatic rings. The van der Waals surface area contributed by atoms with Gasteiger partial charge in [0.05, 0.1) is 35.2 Å². The number of thiophene rings is 1. The predicted octanol–water partition coefficient (Wildman–Crippen LogP) is 2.87. The molecule has 2 unspecified atom stereocenters. The fraction of sp³-hybridized carbons (Fsp3) is 0.462. The molecule has 3 heterocycles.